The number of ether oxygens (including phenoxy) is 2. The molecule has 0 aromatic rings. The van der Waals surface area contributed by atoms with Gasteiger partial charge < -0.3 is 0 Å². The molecule has 0 unspecified atom stereocenters. The van der Waals surface area contributed by atoms with Crippen molar-refractivity contribution in [3.05, 3.63) is 22.0 Å². The monoisotopic (exact) mass is 394 g/mol. The zero-order valence-corrected chi connectivity index (χ0v) is 16.5. The standard InChI is InChI=1S/C12H22Ge2O5/c1-13(2,9-7-11(15)17-5)19-14(3,4)10-8-12(16)18-6/h7-10H,1-6H3/b9-7+,10-8+. The minimum absolute atomic E-state index is 0.377. The molecule has 7 heteroatoms. The quantitative estimate of drug-likeness (QED) is 0.393. The van der Waals surface area contributed by atoms with Crippen LogP contribution >= 0.6 is 0 Å². The maximum absolute atomic E-state index is 11.1. The average Bonchev–Trinajstić information content (AvgIpc) is 2.31. The van der Waals surface area contributed by atoms with Gasteiger partial charge in [-0.1, -0.05) is 0 Å². The first-order valence-corrected chi connectivity index (χ1v) is 18.4. The van der Waals surface area contributed by atoms with Crippen molar-refractivity contribution in [1.82, 2.24) is 0 Å². The van der Waals surface area contributed by atoms with Crippen molar-refractivity contribution in [2.24, 2.45) is 0 Å². The van der Waals surface area contributed by atoms with E-state index in [4.69, 9.17) is 2.79 Å². The molecule has 19 heavy (non-hydrogen) atoms. The molecule has 0 aromatic heterocycles. The van der Waals surface area contributed by atoms with Gasteiger partial charge >= 0.3 is 120 Å². The molecule has 0 aliphatic heterocycles. The molecule has 0 bridgehead atoms. The summed E-state index contributed by atoms with van der Waals surface area (Å²) in [7, 11) is 2.68. The van der Waals surface area contributed by atoms with Gasteiger partial charge in [0.05, 0.1) is 0 Å². The van der Waals surface area contributed by atoms with Crippen molar-refractivity contribution in [2.45, 2.75) is 23.0 Å². The third kappa shape index (κ3) is 9.07. The third-order valence-electron chi connectivity index (χ3n) is 2.17. The van der Waals surface area contributed by atoms with Crippen LogP contribution in [-0.2, 0) is 21.9 Å². The van der Waals surface area contributed by atoms with Crippen molar-refractivity contribution in [3.8, 4) is 0 Å². The van der Waals surface area contributed by atoms with E-state index < -0.39 is 27.2 Å². The fourth-order valence-corrected chi connectivity index (χ4v) is 23.1. The molecule has 108 valence electrons. The number of carbonyl (C=O) groups excluding carboxylic acids is 2. The number of hydrogen-bond acceptors (Lipinski definition) is 5. The maximum atomic E-state index is 11.1. The predicted octanol–water partition coefficient (Wildman–Crippen LogP) is 1.95. The molecule has 0 atom stereocenters. The summed E-state index contributed by atoms with van der Waals surface area (Å²) < 4.78 is 15.3. The number of carbonyl (C=O) groups is 2. The van der Waals surface area contributed by atoms with Gasteiger partial charge in [-0.05, 0) is 0 Å². The Hall–Kier alpha value is -0.534. The summed E-state index contributed by atoms with van der Waals surface area (Å²) in [4.78, 5) is 25.8. The molecule has 0 saturated carbocycles. The first kappa shape index (κ1) is 18.5. The molecule has 0 aromatic carbocycles. The van der Waals surface area contributed by atoms with Crippen LogP contribution in [0.25, 0.3) is 0 Å². The van der Waals surface area contributed by atoms with Crippen LogP contribution in [0.3, 0.4) is 0 Å². The molecule has 0 rings (SSSR count). The molecule has 5 nitrogen and oxygen atoms in total. The summed E-state index contributed by atoms with van der Waals surface area (Å²) in [6.45, 7) is 0. The zero-order valence-electron chi connectivity index (χ0n) is 12.4. The van der Waals surface area contributed by atoms with Gasteiger partial charge in [-0.25, -0.2) is 0 Å². The normalized spacial score (nSPS) is 12.9. The Morgan fingerprint density at radius 1 is 0.789 bits per heavy atom. The Morgan fingerprint density at radius 3 is 1.37 bits per heavy atom. The Labute approximate surface area is 120 Å². The van der Waals surface area contributed by atoms with Crippen molar-refractivity contribution in [3.63, 3.8) is 0 Å². The van der Waals surface area contributed by atoms with E-state index in [2.05, 4.69) is 9.47 Å². The van der Waals surface area contributed by atoms with E-state index >= 15 is 0 Å². The van der Waals surface area contributed by atoms with Gasteiger partial charge in [0.15, 0.2) is 0 Å². The second-order valence-corrected chi connectivity index (χ2v) is 22.5. The summed E-state index contributed by atoms with van der Waals surface area (Å²) in [6.07, 6.45) is 2.84. The second-order valence-electron chi connectivity index (χ2n) is 5.02. The molecule has 0 heterocycles. The molecule has 0 spiro atoms. The van der Waals surface area contributed by atoms with E-state index in [-0.39, 0.29) is 11.9 Å². The van der Waals surface area contributed by atoms with E-state index in [0.717, 1.165) is 0 Å². The van der Waals surface area contributed by atoms with Gasteiger partial charge in [0, 0.05) is 0 Å². The molecular weight excluding hydrogens is 369 g/mol. The molecule has 0 fully saturated rings. The first-order chi connectivity index (χ1) is 8.62. The fraction of sp³-hybridized carbons (Fsp3) is 0.500. The number of esters is 2. The molecular formula is C12H22Ge2O5. The van der Waals surface area contributed by atoms with Gasteiger partial charge in [0.1, 0.15) is 0 Å². The van der Waals surface area contributed by atoms with Crippen LogP contribution < -0.4 is 0 Å². The third-order valence-corrected chi connectivity index (χ3v) is 19.9. The number of methoxy groups -OCH3 is 2. The summed E-state index contributed by atoms with van der Waals surface area (Å²) in [5.41, 5.74) is 0. The van der Waals surface area contributed by atoms with Crippen LogP contribution in [0.2, 0.25) is 23.0 Å². The number of rotatable bonds is 6. The SMILES string of the molecule is COC(=O)/C=[CH]/[Ge]([CH3])([CH3])[O][Ge]([CH3])([CH3])/[CH]=C/C(=O)OC. The van der Waals surface area contributed by atoms with Gasteiger partial charge in [0.25, 0.3) is 0 Å². The van der Waals surface area contributed by atoms with E-state index in [1.54, 1.807) is 0 Å². The molecule has 0 radical (unpaired) electrons. The van der Waals surface area contributed by atoms with Crippen LogP contribution in [0.5, 0.6) is 0 Å². The van der Waals surface area contributed by atoms with Crippen LogP contribution in [0, 0.1) is 0 Å². The topological polar surface area (TPSA) is 61.8 Å². The summed E-state index contributed by atoms with van der Waals surface area (Å²) >= 11 is -5.25. The summed E-state index contributed by atoms with van der Waals surface area (Å²) in [5, 5.41) is 0. The Morgan fingerprint density at radius 2 is 1.11 bits per heavy atom. The number of hydrogen-bond donors (Lipinski definition) is 0. The van der Waals surface area contributed by atoms with E-state index in [9.17, 15) is 9.59 Å². The minimum atomic E-state index is -2.63. The van der Waals surface area contributed by atoms with Crippen molar-refractivity contribution in [2.75, 3.05) is 14.2 Å². The van der Waals surface area contributed by atoms with Crippen molar-refractivity contribution in [1.29, 1.82) is 0 Å². The van der Waals surface area contributed by atoms with Gasteiger partial charge in [-0.2, -0.15) is 0 Å². The molecule has 0 aliphatic carbocycles. The fourth-order valence-electron chi connectivity index (χ4n) is 1.42. The van der Waals surface area contributed by atoms with Gasteiger partial charge in [-0.3, -0.25) is 0 Å². The van der Waals surface area contributed by atoms with Crippen LogP contribution in [0.15, 0.2) is 22.0 Å². The summed E-state index contributed by atoms with van der Waals surface area (Å²) in [5.74, 6) is 7.41. The van der Waals surface area contributed by atoms with Gasteiger partial charge in [0.2, 0.25) is 0 Å². The van der Waals surface area contributed by atoms with E-state index in [0.29, 0.717) is 0 Å². The molecule has 0 aliphatic rings. The van der Waals surface area contributed by atoms with Crippen LogP contribution in [-0.4, -0.2) is 53.4 Å². The van der Waals surface area contributed by atoms with E-state index in [1.807, 2.05) is 32.8 Å². The summed E-state index contributed by atoms with van der Waals surface area (Å²) in [6, 6.07) is 0. The van der Waals surface area contributed by atoms with Crippen molar-refractivity contribution >= 4 is 39.1 Å². The second kappa shape index (κ2) is 7.91. The van der Waals surface area contributed by atoms with Gasteiger partial charge in [-0.15, -0.1) is 0 Å². The Balaban J connectivity index is 4.71. The Kier molecular flexibility index (Phi) is 7.69. The van der Waals surface area contributed by atoms with Crippen LogP contribution in [0.1, 0.15) is 0 Å². The Bertz CT molecular complexity index is 350. The van der Waals surface area contributed by atoms with Crippen LogP contribution in [0.4, 0.5) is 0 Å². The predicted molar refractivity (Wildman–Crippen MR) is 78.4 cm³/mol. The first-order valence-electron chi connectivity index (χ1n) is 5.86. The average molecular weight is 392 g/mol. The molecule has 0 saturated heterocycles. The molecule has 0 N–H and O–H groups in total. The zero-order chi connectivity index (χ0) is 15.1. The molecule has 0 amide bonds. The van der Waals surface area contributed by atoms with E-state index in [1.165, 1.54) is 26.4 Å². The van der Waals surface area contributed by atoms with Crippen molar-refractivity contribution < 1.29 is 21.9 Å².